The molecule has 0 atom stereocenters. The average Bonchev–Trinajstić information content (AvgIpc) is 3.01. The van der Waals surface area contributed by atoms with Crippen LogP contribution in [-0.2, 0) is 5.41 Å². The number of benzene rings is 1. The van der Waals surface area contributed by atoms with Crippen molar-refractivity contribution in [1.29, 1.82) is 0 Å². The minimum absolute atomic E-state index is 0.102. The summed E-state index contributed by atoms with van der Waals surface area (Å²) in [7, 11) is 0. The van der Waals surface area contributed by atoms with Crippen LogP contribution in [0.2, 0.25) is 0 Å². The summed E-state index contributed by atoms with van der Waals surface area (Å²) in [6, 6.07) is 8.64. The van der Waals surface area contributed by atoms with E-state index in [4.69, 9.17) is 10.1 Å². The number of hydrogen-bond donors (Lipinski definition) is 1. The zero-order valence-corrected chi connectivity index (χ0v) is 18.4. The van der Waals surface area contributed by atoms with Gasteiger partial charge < -0.3 is 10.2 Å². The Labute approximate surface area is 173 Å². The van der Waals surface area contributed by atoms with Gasteiger partial charge in [0.05, 0.1) is 11.4 Å². The van der Waals surface area contributed by atoms with Gasteiger partial charge >= 0.3 is 0 Å². The lowest BCUT2D eigenvalue weighted by atomic mass is 9.92. The summed E-state index contributed by atoms with van der Waals surface area (Å²) >= 11 is 0. The minimum atomic E-state index is -0.245. The Kier molecular flexibility index (Phi) is 6.22. The van der Waals surface area contributed by atoms with E-state index in [0.29, 0.717) is 0 Å². The number of rotatable bonds is 7. The lowest BCUT2D eigenvalue weighted by Gasteiger charge is -2.21. The van der Waals surface area contributed by atoms with Crippen molar-refractivity contribution < 1.29 is 4.39 Å². The van der Waals surface area contributed by atoms with Crippen molar-refractivity contribution in [2.24, 2.45) is 0 Å². The predicted molar refractivity (Wildman–Crippen MR) is 118 cm³/mol. The van der Waals surface area contributed by atoms with Crippen molar-refractivity contribution in [3.63, 3.8) is 0 Å². The number of nitrogens with one attached hydrogen (secondary N) is 1. The molecule has 0 radical (unpaired) electrons. The number of nitrogens with zero attached hydrogens (tertiary/aromatic N) is 4. The van der Waals surface area contributed by atoms with E-state index in [1.807, 2.05) is 11.4 Å². The SMILES string of the molecule is CCN(CC)CCNc1cc(C(C)(C)C)nc2c(-c3ccc(F)cc3)c(C)nn12. The molecule has 156 valence electrons. The highest BCUT2D eigenvalue weighted by atomic mass is 19.1. The second-order valence-electron chi connectivity index (χ2n) is 8.43. The monoisotopic (exact) mass is 397 g/mol. The van der Waals surface area contributed by atoms with Gasteiger partial charge in [-0.1, -0.05) is 46.8 Å². The molecule has 0 aliphatic rings. The summed E-state index contributed by atoms with van der Waals surface area (Å²) in [5, 5.41) is 8.32. The van der Waals surface area contributed by atoms with E-state index in [0.717, 1.165) is 60.2 Å². The third-order valence-corrected chi connectivity index (χ3v) is 5.29. The van der Waals surface area contributed by atoms with Crippen molar-refractivity contribution in [2.45, 2.75) is 47.0 Å². The van der Waals surface area contributed by atoms with Crippen LogP contribution in [0.3, 0.4) is 0 Å². The molecule has 1 N–H and O–H groups in total. The largest absolute Gasteiger partial charge is 0.369 e. The molecule has 0 aliphatic heterocycles. The molecule has 2 heterocycles. The van der Waals surface area contributed by atoms with E-state index >= 15 is 0 Å². The quantitative estimate of drug-likeness (QED) is 0.616. The standard InChI is InChI=1S/C23H32FN5/c1-7-28(8-2)14-13-25-20-15-19(23(4,5)6)26-22-21(16(3)27-29(20)22)17-9-11-18(24)12-10-17/h9-12,15,25H,7-8,13-14H2,1-6H3. The van der Waals surface area contributed by atoms with E-state index in [9.17, 15) is 4.39 Å². The second kappa shape index (κ2) is 8.49. The minimum Gasteiger partial charge on any atom is -0.369 e. The fraction of sp³-hybridized carbons (Fsp3) is 0.478. The molecule has 1 aromatic carbocycles. The summed E-state index contributed by atoms with van der Waals surface area (Å²) in [5.41, 5.74) is 4.44. The van der Waals surface area contributed by atoms with Gasteiger partial charge in [0.1, 0.15) is 11.6 Å². The number of fused-ring (bicyclic) bond motifs is 1. The Morgan fingerprint density at radius 2 is 1.76 bits per heavy atom. The number of likely N-dealkylation sites (N-methyl/N-ethyl adjacent to an activating group) is 1. The van der Waals surface area contributed by atoms with Crippen LogP contribution < -0.4 is 5.32 Å². The van der Waals surface area contributed by atoms with Crippen LogP contribution >= 0.6 is 0 Å². The van der Waals surface area contributed by atoms with Gasteiger partial charge in [0, 0.05) is 30.1 Å². The van der Waals surface area contributed by atoms with E-state index < -0.39 is 0 Å². The molecule has 0 aliphatic carbocycles. The Balaban J connectivity index is 2.08. The first-order valence-electron chi connectivity index (χ1n) is 10.4. The molecule has 5 nitrogen and oxygen atoms in total. The molecule has 2 aromatic heterocycles. The maximum atomic E-state index is 13.4. The van der Waals surface area contributed by atoms with Crippen LogP contribution in [0.25, 0.3) is 16.8 Å². The Morgan fingerprint density at radius 3 is 2.34 bits per heavy atom. The highest BCUT2D eigenvalue weighted by Crippen LogP contribution is 2.32. The van der Waals surface area contributed by atoms with Crippen LogP contribution in [0.1, 0.15) is 46.0 Å². The van der Waals surface area contributed by atoms with E-state index in [-0.39, 0.29) is 11.2 Å². The molecule has 6 heteroatoms. The van der Waals surface area contributed by atoms with E-state index in [2.05, 4.69) is 50.9 Å². The predicted octanol–water partition coefficient (Wildman–Crippen LogP) is 4.90. The molecule has 0 saturated carbocycles. The van der Waals surface area contributed by atoms with Gasteiger partial charge in [0.25, 0.3) is 0 Å². The zero-order chi connectivity index (χ0) is 21.2. The summed E-state index contributed by atoms with van der Waals surface area (Å²) < 4.78 is 15.3. The molecule has 0 unspecified atom stereocenters. The van der Waals surface area contributed by atoms with Gasteiger partial charge in [-0.15, -0.1) is 0 Å². The molecule has 0 saturated heterocycles. The van der Waals surface area contributed by atoms with Gasteiger partial charge in [-0.2, -0.15) is 9.61 Å². The second-order valence-corrected chi connectivity index (χ2v) is 8.43. The summed E-state index contributed by atoms with van der Waals surface area (Å²) in [5.74, 6) is 0.688. The van der Waals surface area contributed by atoms with E-state index in [1.54, 1.807) is 12.1 Å². The normalized spacial score (nSPS) is 12.1. The smallest absolute Gasteiger partial charge is 0.165 e. The third kappa shape index (κ3) is 4.58. The van der Waals surface area contributed by atoms with Gasteiger partial charge in [-0.3, -0.25) is 0 Å². The maximum absolute atomic E-state index is 13.4. The number of hydrogen-bond acceptors (Lipinski definition) is 4. The molecule has 29 heavy (non-hydrogen) atoms. The molecule has 3 rings (SSSR count). The lowest BCUT2D eigenvalue weighted by molar-refractivity contribution is 0.316. The van der Waals surface area contributed by atoms with Crippen LogP contribution in [0.5, 0.6) is 0 Å². The molecule has 3 aromatic rings. The first-order valence-corrected chi connectivity index (χ1v) is 10.4. The molecule has 0 bridgehead atoms. The van der Waals surface area contributed by atoms with Crippen LogP contribution in [-0.4, -0.2) is 45.7 Å². The van der Waals surface area contributed by atoms with Crippen molar-refractivity contribution in [1.82, 2.24) is 19.5 Å². The third-order valence-electron chi connectivity index (χ3n) is 5.29. The number of anilines is 1. The van der Waals surface area contributed by atoms with Gasteiger partial charge in [0.2, 0.25) is 0 Å². The first-order chi connectivity index (χ1) is 13.7. The fourth-order valence-corrected chi connectivity index (χ4v) is 3.47. The fourth-order valence-electron chi connectivity index (χ4n) is 3.47. The molecule has 0 fully saturated rings. The van der Waals surface area contributed by atoms with Crippen molar-refractivity contribution in [2.75, 3.05) is 31.5 Å². The molecular weight excluding hydrogens is 365 g/mol. The topological polar surface area (TPSA) is 45.5 Å². The maximum Gasteiger partial charge on any atom is 0.165 e. The number of halogens is 1. The Bertz CT molecular complexity index is 966. The molecule has 0 spiro atoms. The van der Waals surface area contributed by atoms with Crippen LogP contribution in [0, 0.1) is 12.7 Å². The van der Waals surface area contributed by atoms with Crippen molar-refractivity contribution in [3.8, 4) is 11.1 Å². The summed E-state index contributed by atoms with van der Waals surface area (Å²) in [4.78, 5) is 7.34. The number of aryl methyl sites for hydroxylation is 1. The van der Waals surface area contributed by atoms with Crippen molar-refractivity contribution >= 4 is 11.5 Å². The first kappa shape index (κ1) is 21.2. The number of aromatic nitrogens is 3. The average molecular weight is 398 g/mol. The van der Waals surface area contributed by atoms with E-state index in [1.165, 1.54) is 12.1 Å². The Hall–Kier alpha value is -2.47. The molecular formula is C23H32FN5. The summed E-state index contributed by atoms with van der Waals surface area (Å²) in [6.45, 7) is 16.7. The van der Waals surface area contributed by atoms with Gasteiger partial charge in [-0.05, 0) is 37.7 Å². The Morgan fingerprint density at radius 1 is 1.10 bits per heavy atom. The zero-order valence-electron chi connectivity index (χ0n) is 18.4. The lowest BCUT2D eigenvalue weighted by Crippen LogP contribution is -2.29. The molecule has 0 amide bonds. The van der Waals surface area contributed by atoms with Crippen LogP contribution in [0.15, 0.2) is 30.3 Å². The van der Waals surface area contributed by atoms with Crippen LogP contribution in [0.4, 0.5) is 10.2 Å². The summed E-state index contributed by atoms with van der Waals surface area (Å²) in [6.07, 6.45) is 0. The van der Waals surface area contributed by atoms with Gasteiger partial charge in [0.15, 0.2) is 5.65 Å². The van der Waals surface area contributed by atoms with Gasteiger partial charge in [-0.25, -0.2) is 9.37 Å². The highest BCUT2D eigenvalue weighted by molar-refractivity contribution is 5.81. The van der Waals surface area contributed by atoms with Crippen molar-refractivity contribution in [3.05, 3.63) is 47.5 Å². The highest BCUT2D eigenvalue weighted by Gasteiger charge is 2.22.